The standard InChI is InChI=1S/C13H7F2N4.C12H9FN.C11H6F2N.Ir/c14-8-4-5-9(10(15)7-8)12-17-13(19-18-12)11-3-1-2-6-16-11;1-9-5-6-10(11(13)8-9)12-4-2-3-7-14-12;12-8-4-5-9(10(13)7-8)11-3-1-2-6-14-11;/h1-7H;2-5,7-8H,1H3;1-4,6-7H;/q3*-1;+3. The van der Waals surface area contributed by atoms with Crippen LogP contribution in [0, 0.1) is 48.1 Å². The van der Waals surface area contributed by atoms with Crippen molar-refractivity contribution in [2.75, 3.05) is 0 Å². The van der Waals surface area contributed by atoms with E-state index in [0.29, 0.717) is 28.5 Å². The quantitative estimate of drug-likeness (QED) is 0.132. The van der Waals surface area contributed by atoms with Crippen LogP contribution in [0.25, 0.3) is 45.4 Å². The first kappa shape index (κ1) is 35.4. The second-order valence-electron chi connectivity index (χ2n) is 9.67. The summed E-state index contributed by atoms with van der Waals surface area (Å²) in [7, 11) is 0. The molecular weight excluding hydrogens is 804 g/mol. The Morgan fingerprint density at radius 3 is 1.65 bits per heavy atom. The van der Waals surface area contributed by atoms with Gasteiger partial charge in [0.1, 0.15) is 11.6 Å². The molecule has 0 saturated carbocycles. The maximum absolute atomic E-state index is 13.6. The first-order valence-electron chi connectivity index (χ1n) is 13.9. The maximum atomic E-state index is 13.6. The number of nitrogens with zero attached hydrogens (tertiary/aromatic N) is 6. The third-order valence-electron chi connectivity index (χ3n) is 6.25. The van der Waals surface area contributed by atoms with Gasteiger partial charge in [-0.3, -0.25) is 23.3 Å². The molecule has 48 heavy (non-hydrogen) atoms. The SMILES string of the molecule is Cc1c[c-]c(-c2ccccn2)c(F)c1.Fc1c[c-]c(-c2ccccn2)c(F)c1.Fc1ccc(-c2n[n-]c(-c3ccccn3)n2)c(F)c1.[Ir+3]. The van der Waals surface area contributed by atoms with Crippen molar-refractivity contribution in [1.29, 1.82) is 0 Å². The van der Waals surface area contributed by atoms with Crippen molar-refractivity contribution in [2.24, 2.45) is 0 Å². The largest absolute Gasteiger partial charge is 3.00 e. The minimum atomic E-state index is -0.722. The minimum absolute atomic E-state index is 0. The number of hydrogen-bond donors (Lipinski definition) is 0. The zero-order chi connectivity index (χ0) is 33.2. The molecule has 0 unspecified atom stereocenters. The average molecular weight is 826 g/mol. The molecule has 240 valence electrons. The summed E-state index contributed by atoms with van der Waals surface area (Å²) in [5.41, 5.74) is 3.19. The Labute approximate surface area is 286 Å². The van der Waals surface area contributed by atoms with Gasteiger partial charge in [0, 0.05) is 47.7 Å². The Hall–Kier alpha value is -5.45. The zero-order valence-electron chi connectivity index (χ0n) is 24.9. The molecule has 0 fully saturated rings. The second-order valence-corrected chi connectivity index (χ2v) is 9.67. The van der Waals surface area contributed by atoms with Crippen molar-refractivity contribution < 1.29 is 42.1 Å². The van der Waals surface area contributed by atoms with Gasteiger partial charge in [-0.1, -0.05) is 54.4 Å². The van der Waals surface area contributed by atoms with Crippen LogP contribution in [0.3, 0.4) is 0 Å². The predicted molar refractivity (Wildman–Crippen MR) is 166 cm³/mol. The molecule has 0 saturated heterocycles. The van der Waals surface area contributed by atoms with Gasteiger partial charge in [0.05, 0.1) is 11.5 Å². The van der Waals surface area contributed by atoms with Gasteiger partial charge in [-0.15, -0.1) is 35.9 Å². The molecule has 0 spiro atoms. The summed E-state index contributed by atoms with van der Waals surface area (Å²) in [6.45, 7) is 1.84. The van der Waals surface area contributed by atoms with E-state index in [2.05, 4.69) is 42.3 Å². The molecule has 4 heterocycles. The predicted octanol–water partition coefficient (Wildman–Crippen LogP) is 8.26. The van der Waals surface area contributed by atoms with Crippen molar-refractivity contribution in [3.8, 4) is 45.4 Å². The average Bonchev–Trinajstić information content (AvgIpc) is 3.57. The van der Waals surface area contributed by atoms with E-state index in [9.17, 15) is 22.0 Å². The number of halogens is 5. The summed E-state index contributed by atoms with van der Waals surface area (Å²) in [4.78, 5) is 16.2. The number of aryl methyl sites for hydroxylation is 1. The normalized spacial score (nSPS) is 10.1. The van der Waals surface area contributed by atoms with Crippen molar-refractivity contribution in [2.45, 2.75) is 6.92 Å². The molecule has 4 aromatic heterocycles. The van der Waals surface area contributed by atoms with Crippen LogP contribution in [0.4, 0.5) is 22.0 Å². The van der Waals surface area contributed by atoms with E-state index in [1.165, 1.54) is 12.1 Å². The Balaban J connectivity index is 0.000000164. The van der Waals surface area contributed by atoms with Crippen LogP contribution in [0.5, 0.6) is 0 Å². The van der Waals surface area contributed by atoms with Gasteiger partial charge in [-0.2, -0.15) is 0 Å². The van der Waals surface area contributed by atoms with Crippen molar-refractivity contribution in [3.05, 3.63) is 162 Å². The molecule has 0 amide bonds. The van der Waals surface area contributed by atoms with Gasteiger partial charge in [-0.25, -0.2) is 8.78 Å². The number of rotatable bonds is 4. The first-order valence-corrected chi connectivity index (χ1v) is 13.9. The van der Waals surface area contributed by atoms with E-state index in [4.69, 9.17) is 0 Å². The molecule has 7 rings (SSSR count). The van der Waals surface area contributed by atoms with Gasteiger partial charge in [0.25, 0.3) is 0 Å². The number of aromatic nitrogens is 6. The molecular formula is C36H22F5IrN6. The van der Waals surface area contributed by atoms with Crippen LogP contribution < -0.4 is 5.10 Å². The summed E-state index contributed by atoms with van der Waals surface area (Å²) in [6.07, 6.45) is 4.79. The number of pyridine rings is 3. The van der Waals surface area contributed by atoms with E-state index in [1.54, 1.807) is 73.2 Å². The molecule has 0 radical (unpaired) electrons. The maximum Gasteiger partial charge on any atom is 3.00 e. The second kappa shape index (κ2) is 16.9. The minimum Gasteiger partial charge on any atom is -0.416 e. The fourth-order valence-corrected chi connectivity index (χ4v) is 4.06. The van der Waals surface area contributed by atoms with Crippen LogP contribution in [0.1, 0.15) is 5.56 Å². The first-order chi connectivity index (χ1) is 22.8. The zero-order valence-corrected chi connectivity index (χ0v) is 27.3. The molecule has 0 atom stereocenters. The van der Waals surface area contributed by atoms with E-state index in [0.717, 1.165) is 29.8 Å². The summed E-state index contributed by atoms with van der Waals surface area (Å²) >= 11 is 0. The molecule has 6 nitrogen and oxygen atoms in total. The molecule has 12 heteroatoms. The van der Waals surface area contributed by atoms with Crippen LogP contribution in [0.15, 0.2) is 116 Å². The third kappa shape index (κ3) is 9.31. The summed E-state index contributed by atoms with van der Waals surface area (Å²) < 4.78 is 65.7. The van der Waals surface area contributed by atoms with E-state index in [1.807, 2.05) is 13.0 Å². The molecule has 7 aromatic rings. The number of benzene rings is 3. The van der Waals surface area contributed by atoms with Crippen LogP contribution in [-0.2, 0) is 20.1 Å². The fraction of sp³-hybridized carbons (Fsp3) is 0.0278. The van der Waals surface area contributed by atoms with Gasteiger partial charge < -0.3 is 20.1 Å². The van der Waals surface area contributed by atoms with Crippen LogP contribution in [-0.4, -0.2) is 25.0 Å². The van der Waals surface area contributed by atoms with Gasteiger partial charge in [0.15, 0.2) is 0 Å². The van der Waals surface area contributed by atoms with E-state index < -0.39 is 23.3 Å². The Morgan fingerprint density at radius 1 is 0.583 bits per heavy atom. The van der Waals surface area contributed by atoms with Gasteiger partial charge >= 0.3 is 20.1 Å². The Kier molecular flexibility index (Phi) is 12.5. The van der Waals surface area contributed by atoms with E-state index >= 15 is 0 Å². The van der Waals surface area contributed by atoms with Crippen molar-refractivity contribution in [3.63, 3.8) is 0 Å². The van der Waals surface area contributed by atoms with Crippen molar-refractivity contribution >= 4 is 0 Å². The van der Waals surface area contributed by atoms with Gasteiger partial charge in [-0.05, 0) is 53.6 Å². The Morgan fingerprint density at radius 2 is 1.12 bits per heavy atom. The smallest absolute Gasteiger partial charge is 0.416 e. The van der Waals surface area contributed by atoms with Crippen LogP contribution >= 0.6 is 0 Å². The molecule has 0 aliphatic heterocycles. The van der Waals surface area contributed by atoms with Crippen LogP contribution in [0.2, 0.25) is 0 Å². The van der Waals surface area contributed by atoms with Crippen molar-refractivity contribution in [1.82, 2.24) is 30.1 Å². The summed E-state index contributed by atoms with van der Waals surface area (Å²) in [6, 6.07) is 29.5. The molecule has 3 aromatic carbocycles. The monoisotopic (exact) mass is 826 g/mol. The van der Waals surface area contributed by atoms with Gasteiger partial charge in [0.2, 0.25) is 0 Å². The fourth-order valence-electron chi connectivity index (χ4n) is 4.06. The van der Waals surface area contributed by atoms with E-state index in [-0.39, 0.29) is 42.9 Å². The number of hydrogen-bond acceptors (Lipinski definition) is 5. The summed E-state index contributed by atoms with van der Waals surface area (Å²) in [5, 5.41) is 7.63. The topological polar surface area (TPSA) is 78.5 Å². The molecule has 0 aliphatic rings. The third-order valence-corrected chi connectivity index (χ3v) is 6.25. The Bertz CT molecular complexity index is 1980. The molecule has 0 bridgehead atoms. The molecule has 0 N–H and O–H groups in total. The summed E-state index contributed by atoms with van der Waals surface area (Å²) in [5.74, 6) is -2.52. The molecule has 0 aliphatic carbocycles.